The highest BCUT2D eigenvalue weighted by molar-refractivity contribution is 9.10. The first kappa shape index (κ1) is 21.0. The molecule has 6 nitrogen and oxygen atoms in total. The number of benzene rings is 2. The molecule has 3 rings (SSSR count). The van der Waals surface area contributed by atoms with Crippen molar-refractivity contribution in [3.8, 4) is 0 Å². The van der Waals surface area contributed by atoms with Gasteiger partial charge in [-0.25, -0.2) is 0 Å². The zero-order valence-electron chi connectivity index (χ0n) is 16.3. The van der Waals surface area contributed by atoms with Crippen LogP contribution in [0.3, 0.4) is 0 Å². The van der Waals surface area contributed by atoms with E-state index in [4.69, 9.17) is 0 Å². The maximum Gasteiger partial charge on any atom is 0.255 e. The van der Waals surface area contributed by atoms with E-state index in [1.807, 2.05) is 24.3 Å². The molecule has 2 aromatic carbocycles. The highest BCUT2D eigenvalue weighted by Gasteiger charge is 2.33. The van der Waals surface area contributed by atoms with Crippen LogP contribution in [0.4, 0.5) is 11.4 Å². The van der Waals surface area contributed by atoms with Crippen molar-refractivity contribution in [1.82, 2.24) is 4.90 Å². The second-order valence-corrected chi connectivity index (χ2v) is 7.95. The third kappa shape index (κ3) is 5.44. The second-order valence-electron chi connectivity index (χ2n) is 7.09. The summed E-state index contributed by atoms with van der Waals surface area (Å²) >= 11 is 3.40. The number of para-hydroxylation sites is 1. The van der Waals surface area contributed by atoms with Crippen LogP contribution in [0.25, 0.3) is 0 Å². The lowest BCUT2D eigenvalue weighted by atomic mass is 10.1. The summed E-state index contributed by atoms with van der Waals surface area (Å²) in [5, 5.41) is 5.69. The average molecular weight is 458 g/mol. The Labute approximate surface area is 178 Å². The zero-order valence-corrected chi connectivity index (χ0v) is 17.9. The third-order valence-corrected chi connectivity index (χ3v) is 5.60. The van der Waals surface area contributed by atoms with E-state index in [9.17, 15) is 14.4 Å². The van der Waals surface area contributed by atoms with E-state index in [0.29, 0.717) is 30.0 Å². The number of likely N-dealkylation sites (tertiary alicyclic amines) is 1. The van der Waals surface area contributed by atoms with Crippen LogP contribution >= 0.6 is 15.9 Å². The molecule has 2 aromatic rings. The molecular formula is C22H24BrN3O3. The standard InChI is InChI=1S/C22H24BrN3O3/c1-2-3-12-26-14-16(13-20(26)27)22(29)24-17-10-8-15(9-11-17)21(28)25-19-7-5-4-6-18(19)23/h4-11,16H,2-3,12-14H2,1H3,(H,24,29)(H,25,28). The quantitative estimate of drug-likeness (QED) is 0.650. The topological polar surface area (TPSA) is 78.5 Å². The van der Waals surface area contributed by atoms with Gasteiger partial charge in [-0.1, -0.05) is 25.5 Å². The number of carbonyl (C=O) groups excluding carboxylic acids is 3. The number of nitrogens with one attached hydrogen (secondary N) is 2. The molecule has 2 N–H and O–H groups in total. The van der Waals surface area contributed by atoms with E-state index in [1.54, 1.807) is 29.2 Å². The minimum Gasteiger partial charge on any atom is -0.342 e. The van der Waals surface area contributed by atoms with Gasteiger partial charge in [-0.05, 0) is 58.7 Å². The number of carbonyl (C=O) groups is 3. The molecule has 7 heteroatoms. The number of amides is 3. The molecule has 1 aliphatic heterocycles. The fourth-order valence-corrected chi connectivity index (χ4v) is 3.60. The zero-order chi connectivity index (χ0) is 20.8. The highest BCUT2D eigenvalue weighted by atomic mass is 79.9. The molecule has 1 unspecified atom stereocenters. The summed E-state index contributed by atoms with van der Waals surface area (Å²) in [6, 6.07) is 14.1. The number of hydrogen-bond acceptors (Lipinski definition) is 3. The third-order valence-electron chi connectivity index (χ3n) is 4.90. The molecule has 29 heavy (non-hydrogen) atoms. The SMILES string of the molecule is CCCCN1CC(C(=O)Nc2ccc(C(=O)Nc3ccccc3Br)cc2)CC1=O. The van der Waals surface area contributed by atoms with Crippen molar-refractivity contribution < 1.29 is 14.4 Å². The first-order valence-corrected chi connectivity index (χ1v) is 10.5. The van der Waals surface area contributed by atoms with E-state index >= 15 is 0 Å². The predicted octanol–water partition coefficient (Wildman–Crippen LogP) is 4.29. The maximum atomic E-state index is 12.5. The molecule has 1 fully saturated rings. The lowest BCUT2D eigenvalue weighted by Gasteiger charge is -2.16. The van der Waals surface area contributed by atoms with Crippen molar-refractivity contribution >= 4 is 45.0 Å². The van der Waals surface area contributed by atoms with Crippen LogP contribution in [0, 0.1) is 5.92 Å². The lowest BCUT2D eigenvalue weighted by molar-refractivity contribution is -0.128. The van der Waals surface area contributed by atoms with Gasteiger partial charge in [-0.3, -0.25) is 14.4 Å². The normalized spacial score (nSPS) is 16.0. The van der Waals surface area contributed by atoms with Crippen LogP contribution in [0.1, 0.15) is 36.5 Å². The summed E-state index contributed by atoms with van der Waals surface area (Å²) < 4.78 is 0.802. The van der Waals surface area contributed by atoms with Gasteiger partial charge in [0.05, 0.1) is 11.6 Å². The fraction of sp³-hybridized carbons (Fsp3) is 0.318. The summed E-state index contributed by atoms with van der Waals surface area (Å²) in [6.45, 7) is 3.25. The van der Waals surface area contributed by atoms with Crippen molar-refractivity contribution in [1.29, 1.82) is 0 Å². The summed E-state index contributed by atoms with van der Waals surface area (Å²) in [4.78, 5) is 38.7. The number of unbranched alkanes of at least 4 members (excludes halogenated alkanes) is 1. The minimum absolute atomic E-state index is 0.0395. The van der Waals surface area contributed by atoms with Crippen LogP contribution in [-0.2, 0) is 9.59 Å². The van der Waals surface area contributed by atoms with Crippen molar-refractivity contribution in [2.75, 3.05) is 23.7 Å². The lowest BCUT2D eigenvalue weighted by Crippen LogP contribution is -2.29. The Bertz CT molecular complexity index is 898. The van der Waals surface area contributed by atoms with E-state index in [1.165, 1.54) is 0 Å². The Morgan fingerprint density at radius 1 is 1.10 bits per heavy atom. The first-order chi connectivity index (χ1) is 14.0. The molecule has 1 saturated heterocycles. The van der Waals surface area contributed by atoms with Gasteiger partial charge >= 0.3 is 0 Å². The fourth-order valence-electron chi connectivity index (χ4n) is 3.22. The molecule has 1 atom stereocenters. The van der Waals surface area contributed by atoms with Crippen LogP contribution in [0.5, 0.6) is 0 Å². The largest absolute Gasteiger partial charge is 0.342 e. The Morgan fingerprint density at radius 3 is 2.52 bits per heavy atom. The van der Waals surface area contributed by atoms with Gasteiger partial charge < -0.3 is 15.5 Å². The van der Waals surface area contributed by atoms with E-state index in [2.05, 4.69) is 33.5 Å². The van der Waals surface area contributed by atoms with Gasteiger partial charge in [0.25, 0.3) is 5.91 Å². The van der Waals surface area contributed by atoms with Crippen LogP contribution in [-0.4, -0.2) is 35.7 Å². The summed E-state index contributed by atoms with van der Waals surface area (Å²) in [5.74, 6) is -0.694. The number of hydrogen-bond donors (Lipinski definition) is 2. The van der Waals surface area contributed by atoms with Crippen LogP contribution < -0.4 is 10.6 Å². The average Bonchev–Trinajstić information content (AvgIpc) is 3.09. The molecule has 0 saturated carbocycles. The molecule has 1 aliphatic rings. The first-order valence-electron chi connectivity index (χ1n) is 9.72. The van der Waals surface area contributed by atoms with E-state index in [-0.39, 0.29) is 30.1 Å². The molecule has 152 valence electrons. The van der Waals surface area contributed by atoms with Crippen LogP contribution in [0.2, 0.25) is 0 Å². The molecule has 0 radical (unpaired) electrons. The van der Waals surface area contributed by atoms with Crippen LogP contribution in [0.15, 0.2) is 53.0 Å². The van der Waals surface area contributed by atoms with Gasteiger partial charge in [0.15, 0.2) is 0 Å². The molecule has 0 spiro atoms. The summed E-state index contributed by atoms with van der Waals surface area (Å²) in [6.07, 6.45) is 2.22. The molecule has 0 bridgehead atoms. The second kappa shape index (κ2) is 9.69. The van der Waals surface area contributed by atoms with Gasteiger partial charge in [0.1, 0.15) is 0 Å². The maximum absolute atomic E-state index is 12.5. The predicted molar refractivity (Wildman–Crippen MR) is 117 cm³/mol. The summed E-state index contributed by atoms with van der Waals surface area (Å²) in [7, 11) is 0. The number of rotatable bonds is 7. The number of anilines is 2. The Morgan fingerprint density at radius 2 is 1.83 bits per heavy atom. The molecule has 0 aliphatic carbocycles. The smallest absolute Gasteiger partial charge is 0.255 e. The number of nitrogens with zero attached hydrogens (tertiary/aromatic N) is 1. The summed E-state index contributed by atoms with van der Waals surface area (Å²) in [5.41, 5.74) is 1.78. The Balaban J connectivity index is 1.56. The van der Waals surface area contributed by atoms with Gasteiger partial charge in [-0.2, -0.15) is 0 Å². The van der Waals surface area contributed by atoms with E-state index in [0.717, 1.165) is 17.3 Å². The molecule has 3 amide bonds. The van der Waals surface area contributed by atoms with Gasteiger partial charge in [0.2, 0.25) is 11.8 Å². The highest BCUT2D eigenvalue weighted by Crippen LogP contribution is 2.23. The Kier molecular flexibility index (Phi) is 7.04. The number of halogens is 1. The van der Waals surface area contributed by atoms with Gasteiger partial charge in [0, 0.05) is 35.2 Å². The van der Waals surface area contributed by atoms with E-state index < -0.39 is 0 Å². The Hall–Kier alpha value is -2.67. The molecule has 0 aromatic heterocycles. The van der Waals surface area contributed by atoms with Crippen molar-refractivity contribution in [2.45, 2.75) is 26.2 Å². The molecular weight excluding hydrogens is 434 g/mol. The van der Waals surface area contributed by atoms with Crippen molar-refractivity contribution in [3.63, 3.8) is 0 Å². The van der Waals surface area contributed by atoms with Crippen molar-refractivity contribution in [2.24, 2.45) is 5.92 Å². The molecule has 1 heterocycles. The van der Waals surface area contributed by atoms with Gasteiger partial charge in [-0.15, -0.1) is 0 Å². The minimum atomic E-state index is -0.335. The van der Waals surface area contributed by atoms with Crippen molar-refractivity contribution in [3.05, 3.63) is 58.6 Å². The monoisotopic (exact) mass is 457 g/mol.